The fourth-order valence-electron chi connectivity index (χ4n) is 3.88. The van der Waals surface area contributed by atoms with Gasteiger partial charge >= 0.3 is 6.03 Å². The van der Waals surface area contributed by atoms with Crippen molar-refractivity contribution in [3.63, 3.8) is 0 Å². The van der Waals surface area contributed by atoms with Crippen LogP contribution in [0, 0.1) is 5.82 Å². The summed E-state index contributed by atoms with van der Waals surface area (Å²) in [5.74, 6) is -0.416. The average molecular weight is 477 g/mol. The topological polar surface area (TPSA) is 88.2 Å². The predicted molar refractivity (Wildman–Crippen MR) is 128 cm³/mol. The molecule has 9 heteroatoms. The number of amides is 4. The number of anilines is 2. The van der Waals surface area contributed by atoms with E-state index in [-0.39, 0.29) is 13.0 Å². The summed E-state index contributed by atoms with van der Waals surface area (Å²) in [6.07, 6.45) is -0.269. The number of methoxy groups -OCH3 is 2. The normalized spacial score (nSPS) is 15.3. The van der Waals surface area contributed by atoms with E-state index in [4.69, 9.17) is 9.47 Å². The fourth-order valence-corrected chi connectivity index (χ4v) is 3.88. The summed E-state index contributed by atoms with van der Waals surface area (Å²) in [5.41, 5.74) is 1.46. The lowest BCUT2D eigenvalue weighted by atomic mass is 10.1. The predicted octanol–water partition coefficient (Wildman–Crippen LogP) is 4.21. The highest BCUT2D eigenvalue weighted by molar-refractivity contribution is 6.22. The number of hydrogen-bond donors (Lipinski definition) is 1. The van der Waals surface area contributed by atoms with Gasteiger partial charge in [0.05, 0.1) is 26.3 Å². The molecule has 1 saturated heterocycles. The lowest BCUT2D eigenvalue weighted by molar-refractivity contribution is -0.124. The van der Waals surface area contributed by atoms with E-state index < -0.39 is 29.7 Å². The Kier molecular flexibility index (Phi) is 6.96. The smallest absolute Gasteiger partial charge is 0.332 e. The molecule has 0 bridgehead atoms. The Balaban J connectivity index is 1.59. The maximum absolute atomic E-state index is 13.4. The van der Waals surface area contributed by atoms with Crippen LogP contribution in [0.15, 0.2) is 72.8 Å². The molecule has 0 spiro atoms. The van der Waals surface area contributed by atoms with Crippen LogP contribution in [0.4, 0.5) is 20.6 Å². The molecule has 0 aromatic heterocycles. The van der Waals surface area contributed by atoms with Crippen LogP contribution in [0.2, 0.25) is 0 Å². The van der Waals surface area contributed by atoms with E-state index in [0.717, 1.165) is 4.90 Å². The molecule has 1 N–H and O–H groups in total. The summed E-state index contributed by atoms with van der Waals surface area (Å²) in [7, 11) is 2.99. The maximum Gasteiger partial charge on any atom is 0.332 e. The summed E-state index contributed by atoms with van der Waals surface area (Å²) < 4.78 is 23.8. The van der Waals surface area contributed by atoms with Crippen molar-refractivity contribution < 1.29 is 28.2 Å². The maximum atomic E-state index is 13.4. The largest absolute Gasteiger partial charge is 0.497 e. The van der Waals surface area contributed by atoms with Crippen LogP contribution in [0.25, 0.3) is 0 Å². The van der Waals surface area contributed by atoms with Crippen LogP contribution < -0.4 is 19.7 Å². The van der Waals surface area contributed by atoms with E-state index >= 15 is 0 Å². The van der Waals surface area contributed by atoms with Crippen LogP contribution in [0.1, 0.15) is 12.0 Å². The number of imide groups is 1. The Labute approximate surface area is 201 Å². The van der Waals surface area contributed by atoms with Gasteiger partial charge in [0.1, 0.15) is 23.4 Å². The molecule has 0 unspecified atom stereocenters. The van der Waals surface area contributed by atoms with Crippen molar-refractivity contribution in [2.75, 3.05) is 24.4 Å². The van der Waals surface area contributed by atoms with Gasteiger partial charge in [-0.2, -0.15) is 0 Å². The minimum Gasteiger partial charge on any atom is -0.497 e. The molecule has 3 aromatic rings. The molecule has 8 nitrogen and oxygen atoms in total. The molecule has 0 aliphatic carbocycles. The lowest BCUT2D eigenvalue weighted by Crippen LogP contribution is -2.37. The molecule has 1 heterocycles. The SMILES string of the molecule is COc1cc(NC(=O)C[C@@H]2C(=O)N(c3ccccc3)C(=O)N2Cc2ccc(F)cc2)cc(OC)c1. The highest BCUT2D eigenvalue weighted by Crippen LogP contribution is 2.30. The second kappa shape index (κ2) is 10.3. The Hall–Kier alpha value is -4.40. The first-order chi connectivity index (χ1) is 16.9. The summed E-state index contributed by atoms with van der Waals surface area (Å²) in [5, 5.41) is 2.74. The summed E-state index contributed by atoms with van der Waals surface area (Å²) in [4.78, 5) is 42.0. The number of halogens is 1. The molecular formula is C26H24FN3O5. The molecule has 3 aromatic carbocycles. The van der Waals surface area contributed by atoms with Gasteiger partial charge in [-0.25, -0.2) is 14.1 Å². The van der Waals surface area contributed by atoms with Crippen molar-refractivity contribution in [3.05, 3.63) is 84.2 Å². The number of nitrogens with zero attached hydrogens (tertiary/aromatic N) is 2. The monoisotopic (exact) mass is 477 g/mol. The highest BCUT2D eigenvalue weighted by atomic mass is 19.1. The van der Waals surface area contributed by atoms with E-state index in [1.807, 2.05) is 0 Å². The lowest BCUT2D eigenvalue weighted by Gasteiger charge is -2.22. The summed E-state index contributed by atoms with van der Waals surface area (Å²) in [6, 6.07) is 17.5. The number of ether oxygens (including phenoxy) is 2. The Morgan fingerprint density at radius 1 is 0.943 bits per heavy atom. The Bertz CT molecular complexity index is 1210. The minimum atomic E-state index is -1.04. The van der Waals surface area contributed by atoms with Gasteiger partial charge in [-0.15, -0.1) is 0 Å². The van der Waals surface area contributed by atoms with Gasteiger partial charge in [0.2, 0.25) is 5.91 Å². The van der Waals surface area contributed by atoms with Gasteiger partial charge in [0, 0.05) is 30.4 Å². The van der Waals surface area contributed by atoms with Crippen LogP contribution >= 0.6 is 0 Å². The van der Waals surface area contributed by atoms with Gasteiger partial charge in [-0.3, -0.25) is 9.59 Å². The molecule has 0 radical (unpaired) electrons. The van der Waals surface area contributed by atoms with E-state index in [1.54, 1.807) is 48.5 Å². The van der Waals surface area contributed by atoms with Crippen LogP contribution in [-0.2, 0) is 16.1 Å². The molecule has 4 rings (SSSR count). The number of benzene rings is 3. The van der Waals surface area contributed by atoms with Crippen LogP contribution in [-0.4, -0.2) is 43.0 Å². The van der Waals surface area contributed by atoms with Gasteiger partial charge in [0.15, 0.2) is 0 Å². The molecule has 1 aliphatic rings. The van der Waals surface area contributed by atoms with E-state index in [9.17, 15) is 18.8 Å². The second-order valence-electron chi connectivity index (χ2n) is 7.92. The number of nitrogens with one attached hydrogen (secondary N) is 1. The third-order valence-electron chi connectivity index (χ3n) is 5.61. The number of hydrogen-bond acceptors (Lipinski definition) is 5. The van der Waals surface area contributed by atoms with Crippen molar-refractivity contribution >= 4 is 29.2 Å². The zero-order valence-electron chi connectivity index (χ0n) is 19.2. The molecule has 180 valence electrons. The van der Waals surface area contributed by atoms with Crippen LogP contribution in [0.3, 0.4) is 0 Å². The first-order valence-corrected chi connectivity index (χ1v) is 10.9. The molecule has 4 amide bonds. The molecule has 1 fully saturated rings. The third-order valence-corrected chi connectivity index (χ3v) is 5.61. The zero-order valence-corrected chi connectivity index (χ0v) is 19.2. The summed E-state index contributed by atoms with van der Waals surface area (Å²) >= 11 is 0. The minimum absolute atomic E-state index is 0.0408. The van der Waals surface area contributed by atoms with E-state index in [1.165, 1.54) is 43.4 Å². The Morgan fingerprint density at radius 3 is 2.17 bits per heavy atom. The molecule has 1 atom stereocenters. The fraction of sp³-hybridized carbons (Fsp3) is 0.192. The number of urea groups is 1. The quantitative estimate of drug-likeness (QED) is 0.491. The number of carbonyl (C=O) groups excluding carboxylic acids is 3. The van der Waals surface area contributed by atoms with Crippen molar-refractivity contribution in [1.29, 1.82) is 0 Å². The standard InChI is InChI=1S/C26H24FN3O5/c1-34-21-12-19(13-22(14-21)35-2)28-24(31)15-23-25(32)30(20-6-4-3-5-7-20)26(33)29(23)16-17-8-10-18(27)11-9-17/h3-14,23H,15-16H2,1-2H3,(H,28,31)/t23-/m1/s1. The second-order valence-corrected chi connectivity index (χ2v) is 7.92. The van der Waals surface area contributed by atoms with Crippen molar-refractivity contribution in [3.8, 4) is 11.5 Å². The molecule has 0 saturated carbocycles. The number of carbonyl (C=O) groups is 3. The van der Waals surface area contributed by atoms with Gasteiger partial charge in [-0.1, -0.05) is 30.3 Å². The van der Waals surface area contributed by atoms with Crippen molar-refractivity contribution in [1.82, 2.24) is 4.90 Å². The zero-order chi connectivity index (χ0) is 24.9. The van der Waals surface area contributed by atoms with Gasteiger partial charge in [0.25, 0.3) is 5.91 Å². The van der Waals surface area contributed by atoms with Crippen molar-refractivity contribution in [2.24, 2.45) is 0 Å². The summed E-state index contributed by atoms with van der Waals surface area (Å²) in [6.45, 7) is 0.0408. The highest BCUT2D eigenvalue weighted by Gasteiger charge is 2.46. The van der Waals surface area contributed by atoms with E-state index in [2.05, 4.69) is 5.32 Å². The third kappa shape index (κ3) is 5.24. The number of para-hydroxylation sites is 1. The molecular weight excluding hydrogens is 453 g/mol. The molecule has 1 aliphatic heterocycles. The average Bonchev–Trinajstić information content (AvgIpc) is 3.09. The van der Waals surface area contributed by atoms with Gasteiger partial charge < -0.3 is 19.7 Å². The number of rotatable bonds is 8. The van der Waals surface area contributed by atoms with Crippen LogP contribution in [0.5, 0.6) is 11.5 Å². The molecule has 35 heavy (non-hydrogen) atoms. The van der Waals surface area contributed by atoms with Gasteiger partial charge in [-0.05, 0) is 29.8 Å². The van der Waals surface area contributed by atoms with Crippen molar-refractivity contribution in [2.45, 2.75) is 19.0 Å². The first kappa shape index (κ1) is 23.7. The Morgan fingerprint density at radius 2 is 1.57 bits per heavy atom. The first-order valence-electron chi connectivity index (χ1n) is 10.9. The van der Waals surface area contributed by atoms with E-state index in [0.29, 0.717) is 28.4 Å².